The highest BCUT2D eigenvalue weighted by Crippen LogP contribution is 2.54. The van der Waals surface area contributed by atoms with Crippen molar-refractivity contribution < 1.29 is 22.3 Å². The predicted octanol–water partition coefficient (Wildman–Crippen LogP) is 6.13. The Morgan fingerprint density at radius 3 is 2.43 bits per heavy atom. The number of benzene rings is 2. The van der Waals surface area contributed by atoms with Gasteiger partial charge < -0.3 is 9.72 Å². The summed E-state index contributed by atoms with van der Waals surface area (Å²) in [5.41, 5.74) is 1.16. The van der Waals surface area contributed by atoms with Crippen molar-refractivity contribution in [2.75, 3.05) is 39.5 Å². The summed E-state index contributed by atoms with van der Waals surface area (Å²) in [5.74, 6) is -1.01. The molecule has 1 saturated carbocycles. The maximum atomic E-state index is 15.7. The number of hydrogen-bond donors (Lipinski definition) is 1. The summed E-state index contributed by atoms with van der Waals surface area (Å²) in [5, 5.41) is 1.07. The molecule has 0 amide bonds. The summed E-state index contributed by atoms with van der Waals surface area (Å²) in [6.07, 6.45) is 1.83. The van der Waals surface area contributed by atoms with Crippen LogP contribution in [0, 0.1) is 17.6 Å². The lowest BCUT2D eigenvalue weighted by atomic mass is 9.68. The Morgan fingerprint density at radius 1 is 1.05 bits per heavy atom. The molecular formula is C29H33F4N3O. The maximum Gasteiger partial charge on any atom is 0.135 e. The largest absolute Gasteiger partial charge is 0.492 e. The number of aromatic amines is 1. The minimum absolute atomic E-state index is 0.0196. The molecule has 2 aromatic carbocycles. The van der Waals surface area contributed by atoms with Gasteiger partial charge in [0.05, 0.1) is 12.7 Å². The molecule has 1 saturated heterocycles. The Hall–Kier alpha value is -2.58. The first-order valence-corrected chi connectivity index (χ1v) is 13.2. The van der Waals surface area contributed by atoms with Gasteiger partial charge in [0.1, 0.15) is 29.7 Å². The Kier molecular flexibility index (Phi) is 6.23. The third-order valence-corrected chi connectivity index (χ3v) is 8.23. The van der Waals surface area contributed by atoms with Crippen molar-refractivity contribution in [2.45, 2.75) is 50.4 Å². The minimum Gasteiger partial charge on any atom is -0.492 e. The van der Waals surface area contributed by atoms with Gasteiger partial charge in [-0.3, -0.25) is 14.2 Å². The van der Waals surface area contributed by atoms with Crippen molar-refractivity contribution >= 4 is 10.9 Å². The number of nitrogens with zero attached hydrogens (tertiary/aromatic N) is 2. The van der Waals surface area contributed by atoms with Crippen LogP contribution in [0.1, 0.15) is 55.5 Å². The van der Waals surface area contributed by atoms with Crippen molar-refractivity contribution in [1.82, 2.24) is 14.8 Å². The average molecular weight is 516 g/mol. The number of H-pyrrole nitrogens is 1. The van der Waals surface area contributed by atoms with Crippen LogP contribution in [-0.4, -0.2) is 66.0 Å². The van der Waals surface area contributed by atoms with Crippen molar-refractivity contribution in [3.8, 4) is 5.75 Å². The summed E-state index contributed by atoms with van der Waals surface area (Å²) >= 11 is 0. The number of para-hydroxylation sites is 1. The molecule has 1 N–H and O–H groups in total. The van der Waals surface area contributed by atoms with E-state index in [0.29, 0.717) is 19.6 Å². The molecular weight excluding hydrogens is 482 g/mol. The molecule has 198 valence electrons. The lowest BCUT2D eigenvalue weighted by molar-refractivity contribution is 0.00917. The first-order valence-electron chi connectivity index (χ1n) is 13.2. The third-order valence-electron chi connectivity index (χ3n) is 8.23. The molecule has 8 heteroatoms. The Labute approximate surface area is 214 Å². The van der Waals surface area contributed by atoms with Crippen molar-refractivity contribution in [3.63, 3.8) is 0 Å². The zero-order valence-electron chi connectivity index (χ0n) is 21.2. The molecule has 0 spiro atoms. The number of alkyl halides is 2. The van der Waals surface area contributed by atoms with E-state index in [0.717, 1.165) is 35.0 Å². The van der Waals surface area contributed by atoms with E-state index < -0.39 is 23.3 Å². The van der Waals surface area contributed by atoms with E-state index >= 15 is 13.2 Å². The summed E-state index contributed by atoms with van der Waals surface area (Å²) in [6, 6.07) is 9.63. The number of hydrogen-bond acceptors (Lipinski definition) is 3. The fourth-order valence-electron chi connectivity index (χ4n) is 6.48. The van der Waals surface area contributed by atoms with Gasteiger partial charge in [-0.05, 0) is 38.3 Å². The van der Waals surface area contributed by atoms with Crippen molar-refractivity contribution in [1.29, 1.82) is 0 Å². The second-order valence-electron chi connectivity index (χ2n) is 11.5. The summed E-state index contributed by atoms with van der Waals surface area (Å²) in [4.78, 5) is 7.45. The lowest BCUT2D eigenvalue weighted by Crippen LogP contribution is -2.55. The van der Waals surface area contributed by atoms with Crippen LogP contribution in [0.15, 0.2) is 36.4 Å². The topological polar surface area (TPSA) is 31.5 Å². The number of fused-ring (bicyclic) bond motifs is 5. The molecule has 0 bridgehead atoms. The van der Waals surface area contributed by atoms with Crippen LogP contribution in [0.25, 0.3) is 10.9 Å². The van der Waals surface area contributed by atoms with Crippen LogP contribution in [0.4, 0.5) is 17.6 Å². The van der Waals surface area contributed by atoms with E-state index in [1.807, 2.05) is 29.2 Å². The fraction of sp³-hybridized carbons (Fsp3) is 0.517. The van der Waals surface area contributed by atoms with Crippen molar-refractivity contribution in [3.05, 3.63) is 64.9 Å². The quantitative estimate of drug-likeness (QED) is 0.367. The summed E-state index contributed by atoms with van der Waals surface area (Å²) in [6.45, 7) is 4.96. The molecule has 37 heavy (non-hydrogen) atoms. The molecule has 1 aromatic heterocycles. The number of halogens is 4. The SMILES string of the molecule is CC(C)(F)CN1[C@H](c2c(F)cc(OCCN3CC(CF)C3)cc2F)c2[nH]c3ccccc3c2[C@H]2CC[C@H]21. The van der Waals surface area contributed by atoms with E-state index in [1.165, 1.54) is 26.0 Å². The maximum absolute atomic E-state index is 15.7. The second kappa shape index (κ2) is 9.31. The molecule has 0 radical (unpaired) electrons. The zero-order chi connectivity index (χ0) is 25.9. The molecule has 3 heterocycles. The first kappa shape index (κ1) is 24.7. The number of aromatic nitrogens is 1. The van der Waals surface area contributed by atoms with E-state index in [-0.39, 0.29) is 49.0 Å². The van der Waals surface area contributed by atoms with Gasteiger partial charge in [0.15, 0.2) is 0 Å². The smallest absolute Gasteiger partial charge is 0.135 e. The van der Waals surface area contributed by atoms with Gasteiger partial charge in [-0.25, -0.2) is 13.2 Å². The number of ether oxygens (including phenoxy) is 1. The molecule has 2 aliphatic heterocycles. The van der Waals surface area contributed by atoms with E-state index in [1.54, 1.807) is 0 Å². The standard InChI is InChI=1S/C29H33F4N3O/c1-29(2,33)16-36-24-8-7-20(24)25-19-5-3-4-6-23(19)34-27(25)28(36)26-21(31)11-18(12-22(26)32)37-10-9-35-14-17(13-30)15-35/h3-6,11-12,17,20,24,28,34H,7-10,13-16H2,1-2H3/t20-,24+,28+/m0/s1. The van der Waals surface area contributed by atoms with Gasteiger partial charge in [0.2, 0.25) is 0 Å². The molecule has 2 fully saturated rings. The predicted molar refractivity (Wildman–Crippen MR) is 136 cm³/mol. The molecule has 3 atom stereocenters. The van der Waals surface area contributed by atoms with Crippen LogP contribution < -0.4 is 4.74 Å². The second-order valence-corrected chi connectivity index (χ2v) is 11.5. The summed E-state index contributed by atoms with van der Waals surface area (Å²) < 4.78 is 64.8. The molecule has 4 nitrogen and oxygen atoms in total. The monoisotopic (exact) mass is 515 g/mol. The van der Waals surface area contributed by atoms with E-state index in [9.17, 15) is 4.39 Å². The molecule has 0 unspecified atom stereocenters. The van der Waals surface area contributed by atoms with Gasteiger partial charge in [-0.15, -0.1) is 0 Å². The molecule has 1 aliphatic carbocycles. The zero-order valence-corrected chi connectivity index (χ0v) is 21.2. The van der Waals surface area contributed by atoms with Gasteiger partial charge in [0, 0.05) is 78.3 Å². The van der Waals surface area contributed by atoms with Gasteiger partial charge >= 0.3 is 0 Å². The van der Waals surface area contributed by atoms with E-state index in [2.05, 4.69) is 9.88 Å². The first-order chi connectivity index (χ1) is 17.7. The number of rotatable bonds is 8. The van der Waals surface area contributed by atoms with Crippen LogP contribution in [0.3, 0.4) is 0 Å². The highest BCUT2D eigenvalue weighted by atomic mass is 19.1. The van der Waals surface area contributed by atoms with Gasteiger partial charge in [-0.1, -0.05) is 18.2 Å². The minimum atomic E-state index is -1.53. The van der Waals surface area contributed by atoms with Crippen molar-refractivity contribution in [2.24, 2.45) is 5.92 Å². The number of likely N-dealkylation sites (tertiary alicyclic amines) is 1. The van der Waals surface area contributed by atoms with Crippen LogP contribution in [0.2, 0.25) is 0 Å². The Bertz CT molecular complexity index is 1270. The normalized spacial score (nSPS) is 24.4. The average Bonchev–Trinajstić information content (AvgIpc) is 3.14. The molecule has 6 rings (SSSR count). The highest BCUT2D eigenvalue weighted by molar-refractivity contribution is 5.86. The van der Waals surface area contributed by atoms with Crippen LogP contribution >= 0.6 is 0 Å². The van der Waals surface area contributed by atoms with E-state index in [4.69, 9.17) is 4.74 Å². The summed E-state index contributed by atoms with van der Waals surface area (Å²) in [7, 11) is 0. The molecule has 3 aromatic rings. The van der Waals surface area contributed by atoms with Gasteiger partial charge in [0.25, 0.3) is 0 Å². The highest BCUT2D eigenvalue weighted by Gasteiger charge is 2.50. The van der Waals surface area contributed by atoms with Crippen LogP contribution in [-0.2, 0) is 0 Å². The number of nitrogens with one attached hydrogen (secondary N) is 1. The van der Waals surface area contributed by atoms with Gasteiger partial charge in [-0.2, -0.15) is 0 Å². The molecule has 3 aliphatic rings. The Balaban J connectivity index is 1.34. The third kappa shape index (κ3) is 4.42. The lowest BCUT2D eigenvalue weighted by Gasteiger charge is -2.53. The fourth-order valence-corrected chi connectivity index (χ4v) is 6.48. The van der Waals surface area contributed by atoms with Crippen LogP contribution in [0.5, 0.6) is 5.75 Å². The Morgan fingerprint density at radius 2 is 1.78 bits per heavy atom.